The minimum absolute atomic E-state index is 0.00450. The van der Waals surface area contributed by atoms with Crippen LogP contribution < -0.4 is 10.1 Å². The van der Waals surface area contributed by atoms with Crippen molar-refractivity contribution in [3.8, 4) is 5.75 Å². The van der Waals surface area contributed by atoms with Crippen molar-refractivity contribution in [2.75, 3.05) is 33.1 Å². The predicted molar refractivity (Wildman–Crippen MR) is 92.9 cm³/mol. The van der Waals surface area contributed by atoms with Crippen LogP contribution in [0.1, 0.15) is 13.8 Å². The third kappa shape index (κ3) is 5.87. The van der Waals surface area contributed by atoms with Gasteiger partial charge in [0.25, 0.3) is 5.91 Å². The maximum absolute atomic E-state index is 12.2. The monoisotopic (exact) mass is 370 g/mol. The maximum Gasteiger partial charge on any atom is 0.331 e. The van der Waals surface area contributed by atoms with Crippen LogP contribution in [-0.2, 0) is 24.3 Å². The van der Waals surface area contributed by atoms with Crippen molar-refractivity contribution in [3.63, 3.8) is 0 Å². The lowest BCUT2D eigenvalue weighted by Crippen LogP contribution is -2.23. The Morgan fingerprint density at radius 3 is 2.40 bits per heavy atom. The number of nitrogens with one attached hydrogen (secondary N) is 1. The number of ether oxygens (including phenoxy) is 2. The van der Waals surface area contributed by atoms with E-state index in [0.29, 0.717) is 0 Å². The molecule has 1 aromatic rings. The van der Waals surface area contributed by atoms with Gasteiger partial charge in [-0.1, -0.05) is 5.57 Å². The highest BCUT2D eigenvalue weighted by Gasteiger charge is 2.20. The Morgan fingerprint density at radius 1 is 1.24 bits per heavy atom. The summed E-state index contributed by atoms with van der Waals surface area (Å²) < 4.78 is 35.3. The van der Waals surface area contributed by atoms with Gasteiger partial charge in [0.2, 0.25) is 10.0 Å². The standard InChI is InChI=1S/C16H22N2O6S/c1-11(2)8-16(20)24-10-15(19)17-13-9-12(6-7-14(13)23-5)25(21,22)18(3)4/h6-9H,10H2,1-5H3,(H,17,19). The fourth-order valence-corrected chi connectivity index (χ4v) is 2.68. The molecule has 1 rings (SSSR count). The molecule has 9 heteroatoms. The van der Waals surface area contributed by atoms with Gasteiger partial charge in [-0.05, 0) is 32.0 Å². The minimum atomic E-state index is -3.67. The first-order chi connectivity index (χ1) is 11.6. The van der Waals surface area contributed by atoms with Gasteiger partial charge in [-0.2, -0.15) is 0 Å². The first kappa shape index (κ1) is 20.7. The molecule has 0 saturated carbocycles. The van der Waals surface area contributed by atoms with Gasteiger partial charge in [-0.15, -0.1) is 0 Å². The molecule has 0 aliphatic rings. The average Bonchev–Trinajstić information content (AvgIpc) is 2.52. The molecule has 0 aromatic heterocycles. The summed E-state index contributed by atoms with van der Waals surface area (Å²) in [5, 5.41) is 2.48. The van der Waals surface area contributed by atoms with Gasteiger partial charge >= 0.3 is 5.97 Å². The largest absolute Gasteiger partial charge is 0.495 e. The topological polar surface area (TPSA) is 102 Å². The van der Waals surface area contributed by atoms with Crippen molar-refractivity contribution in [1.82, 2.24) is 4.31 Å². The minimum Gasteiger partial charge on any atom is -0.495 e. The molecule has 0 saturated heterocycles. The number of carbonyl (C=O) groups excluding carboxylic acids is 2. The molecule has 1 N–H and O–H groups in total. The predicted octanol–water partition coefficient (Wildman–Crippen LogP) is 1.39. The third-order valence-corrected chi connectivity index (χ3v) is 4.79. The van der Waals surface area contributed by atoms with Crippen LogP contribution >= 0.6 is 0 Å². The molecular weight excluding hydrogens is 348 g/mol. The fraction of sp³-hybridized carbons (Fsp3) is 0.375. The van der Waals surface area contributed by atoms with Gasteiger partial charge in [-0.3, -0.25) is 4.79 Å². The van der Waals surface area contributed by atoms with Crippen molar-refractivity contribution < 1.29 is 27.5 Å². The van der Waals surface area contributed by atoms with E-state index in [1.165, 1.54) is 45.5 Å². The molecule has 0 bridgehead atoms. The zero-order chi connectivity index (χ0) is 19.2. The molecule has 0 fully saturated rings. The summed E-state index contributed by atoms with van der Waals surface area (Å²) in [6.45, 7) is 2.95. The number of benzene rings is 1. The first-order valence-corrected chi connectivity index (χ1v) is 8.74. The zero-order valence-electron chi connectivity index (χ0n) is 14.8. The van der Waals surface area contributed by atoms with E-state index in [1.54, 1.807) is 13.8 Å². The van der Waals surface area contributed by atoms with Gasteiger partial charge in [-0.25, -0.2) is 17.5 Å². The Kier molecular flexibility index (Phi) is 7.13. The SMILES string of the molecule is COc1ccc(S(=O)(=O)N(C)C)cc1NC(=O)COC(=O)C=C(C)C. The van der Waals surface area contributed by atoms with Crippen molar-refractivity contribution in [2.45, 2.75) is 18.7 Å². The van der Waals surface area contributed by atoms with E-state index in [1.807, 2.05) is 0 Å². The molecule has 1 amide bonds. The van der Waals surface area contributed by atoms with Crippen LogP contribution in [0.3, 0.4) is 0 Å². The number of methoxy groups -OCH3 is 1. The van der Waals surface area contributed by atoms with E-state index in [9.17, 15) is 18.0 Å². The number of hydrogen-bond donors (Lipinski definition) is 1. The summed E-state index contributed by atoms with van der Waals surface area (Å²) in [5.74, 6) is -0.971. The van der Waals surface area contributed by atoms with Crippen LogP contribution in [0.5, 0.6) is 5.75 Å². The van der Waals surface area contributed by atoms with E-state index in [0.717, 1.165) is 9.88 Å². The average molecular weight is 370 g/mol. The second-order valence-corrected chi connectivity index (χ2v) is 7.68. The van der Waals surface area contributed by atoms with Crippen LogP contribution in [0.4, 0.5) is 5.69 Å². The molecule has 25 heavy (non-hydrogen) atoms. The number of allylic oxidation sites excluding steroid dienone is 1. The first-order valence-electron chi connectivity index (χ1n) is 7.30. The Morgan fingerprint density at radius 2 is 1.88 bits per heavy atom. The Balaban J connectivity index is 2.95. The summed E-state index contributed by atoms with van der Waals surface area (Å²) >= 11 is 0. The van der Waals surface area contributed by atoms with Crippen LogP contribution in [-0.4, -0.2) is 52.4 Å². The lowest BCUT2D eigenvalue weighted by molar-refractivity contribution is -0.142. The van der Waals surface area contributed by atoms with E-state index < -0.39 is 28.5 Å². The Bertz CT molecular complexity index is 780. The molecule has 138 valence electrons. The maximum atomic E-state index is 12.2. The number of sulfonamides is 1. The lowest BCUT2D eigenvalue weighted by atomic mass is 10.3. The van der Waals surface area contributed by atoms with Gasteiger partial charge in [0.15, 0.2) is 6.61 Å². The van der Waals surface area contributed by atoms with Crippen molar-refractivity contribution in [1.29, 1.82) is 0 Å². The van der Waals surface area contributed by atoms with Gasteiger partial charge < -0.3 is 14.8 Å². The molecule has 1 aromatic carbocycles. The molecule has 0 unspecified atom stereocenters. The second kappa shape index (κ2) is 8.63. The van der Waals surface area contributed by atoms with Crippen molar-refractivity contribution in [2.24, 2.45) is 0 Å². The molecule has 0 atom stereocenters. The molecule has 0 radical (unpaired) electrons. The van der Waals surface area contributed by atoms with Crippen LogP contribution in [0.15, 0.2) is 34.7 Å². The normalized spacial score (nSPS) is 11.0. The molecule has 0 aliphatic heterocycles. The number of carbonyl (C=O) groups is 2. The van der Waals surface area contributed by atoms with E-state index >= 15 is 0 Å². The van der Waals surface area contributed by atoms with Crippen LogP contribution in [0.2, 0.25) is 0 Å². The smallest absolute Gasteiger partial charge is 0.331 e. The highest BCUT2D eigenvalue weighted by molar-refractivity contribution is 7.89. The van der Waals surface area contributed by atoms with E-state index in [-0.39, 0.29) is 16.3 Å². The Labute approximate surface area is 147 Å². The molecule has 0 spiro atoms. The molecule has 8 nitrogen and oxygen atoms in total. The summed E-state index contributed by atoms with van der Waals surface area (Å²) in [6, 6.07) is 4.09. The third-order valence-electron chi connectivity index (χ3n) is 2.98. The highest BCUT2D eigenvalue weighted by Crippen LogP contribution is 2.28. The van der Waals surface area contributed by atoms with E-state index in [2.05, 4.69) is 5.32 Å². The lowest BCUT2D eigenvalue weighted by Gasteiger charge is -2.15. The molecule has 0 heterocycles. The van der Waals surface area contributed by atoms with Gasteiger partial charge in [0, 0.05) is 20.2 Å². The van der Waals surface area contributed by atoms with Gasteiger partial charge in [0.1, 0.15) is 5.75 Å². The Hall–Kier alpha value is -2.39. The van der Waals surface area contributed by atoms with Gasteiger partial charge in [0.05, 0.1) is 17.7 Å². The zero-order valence-corrected chi connectivity index (χ0v) is 15.6. The van der Waals surface area contributed by atoms with Crippen LogP contribution in [0, 0.1) is 0 Å². The second-order valence-electron chi connectivity index (χ2n) is 5.53. The highest BCUT2D eigenvalue weighted by atomic mass is 32.2. The summed E-state index contributed by atoms with van der Waals surface area (Å²) in [7, 11) is 0.529. The van der Waals surface area contributed by atoms with Crippen LogP contribution in [0.25, 0.3) is 0 Å². The number of esters is 1. The number of hydrogen-bond acceptors (Lipinski definition) is 6. The number of rotatable bonds is 7. The van der Waals surface area contributed by atoms with E-state index in [4.69, 9.17) is 9.47 Å². The summed E-state index contributed by atoms with van der Waals surface area (Å²) in [6.07, 6.45) is 1.26. The quantitative estimate of drug-likeness (QED) is 0.575. The molecular formula is C16H22N2O6S. The number of amides is 1. The number of nitrogens with zero attached hydrogens (tertiary/aromatic N) is 1. The van der Waals surface area contributed by atoms with Crippen molar-refractivity contribution in [3.05, 3.63) is 29.8 Å². The summed E-state index contributed by atoms with van der Waals surface area (Å²) in [4.78, 5) is 23.3. The molecule has 0 aliphatic carbocycles. The fourth-order valence-electron chi connectivity index (χ4n) is 1.76. The van der Waals surface area contributed by atoms with Crippen molar-refractivity contribution >= 4 is 27.6 Å². The number of anilines is 1. The summed E-state index contributed by atoms with van der Waals surface area (Å²) in [5.41, 5.74) is 0.905.